The summed E-state index contributed by atoms with van der Waals surface area (Å²) in [4.78, 5) is 14.3. The molecule has 1 aromatic carbocycles. The number of hydrogen-bond acceptors (Lipinski definition) is 4. The summed E-state index contributed by atoms with van der Waals surface area (Å²) in [7, 11) is 0. The van der Waals surface area contributed by atoms with Crippen LogP contribution < -0.4 is 15.4 Å². The van der Waals surface area contributed by atoms with Crippen LogP contribution >= 0.6 is 0 Å². The Bertz CT molecular complexity index is 507. The van der Waals surface area contributed by atoms with Gasteiger partial charge in [-0.15, -0.1) is 0 Å². The average molecular weight is 319 g/mol. The Morgan fingerprint density at radius 1 is 1.30 bits per heavy atom. The minimum absolute atomic E-state index is 0.0230. The summed E-state index contributed by atoms with van der Waals surface area (Å²) in [5.41, 5.74) is 1.21. The second kappa shape index (κ2) is 7.66. The molecule has 2 amide bonds. The number of carbonyl (C=O) groups excluding carboxylic acids is 1. The molecular formula is C17H25N3O3. The van der Waals surface area contributed by atoms with Crippen molar-refractivity contribution in [2.45, 2.75) is 25.5 Å². The van der Waals surface area contributed by atoms with Gasteiger partial charge in [-0.3, -0.25) is 4.90 Å². The maximum absolute atomic E-state index is 11.9. The molecule has 2 atom stereocenters. The number of amides is 2. The van der Waals surface area contributed by atoms with Gasteiger partial charge in [0.1, 0.15) is 11.9 Å². The minimum atomic E-state index is -0.135. The molecule has 6 nitrogen and oxygen atoms in total. The molecule has 0 aliphatic carbocycles. The molecular weight excluding hydrogens is 294 g/mol. The molecule has 0 bridgehead atoms. The molecule has 1 fully saturated rings. The Morgan fingerprint density at radius 2 is 2.09 bits per heavy atom. The summed E-state index contributed by atoms with van der Waals surface area (Å²) in [5.74, 6) is 0.931. The smallest absolute Gasteiger partial charge is 0.314 e. The van der Waals surface area contributed by atoms with Gasteiger partial charge in [0.25, 0.3) is 0 Å². The molecule has 2 aliphatic heterocycles. The highest BCUT2D eigenvalue weighted by Gasteiger charge is 2.23. The molecule has 2 N–H and O–H groups in total. The summed E-state index contributed by atoms with van der Waals surface area (Å²) in [6.07, 6.45) is 0.871. The second-order valence-electron chi connectivity index (χ2n) is 6.14. The van der Waals surface area contributed by atoms with Gasteiger partial charge in [-0.25, -0.2) is 4.79 Å². The average Bonchev–Trinajstić information content (AvgIpc) is 3.01. The Labute approximate surface area is 137 Å². The van der Waals surface area contributed by atoms with Crippen molar-refractivity contribution in [1.82, 2.24) is 15.5 Å². The molecule has 126 valence electrons. The van der Waals surface area contributed by atoms with Crippen LogP contribution in [0.3, 0.4) is 0 Å². The van der Waals surface area contributed by atoms with Gasteiger partial charge in [0, 0.05) is 32.1 Å². The number of nitrogens with one attached hydrogen (secondary N) is 2. The third-order valence-electron chi connectivity index (χ3n) is 4.43. The van der Waals surface area contributed by atoms with Gasteiger partial charge in [-0.05, 0) is 18.6 Å². The summed E-state index contributed by atoms with van der Waals surface area (Å²) in [6, 6.07) is 8.20. The largest absolute Gasteiger partial charge is 0.488 e. The third-order valence-corrected chi connectivity index (χ3v) is 4.43. The second-order valence-corrected chi connectivity index (χ2v) is 6.14. The number of rotatable bonds is 5. The van der Waals surface area contributed by atoms with E-state index < -0.39 is 0 Å². The first-order valence-corrected chi connectivity index (χ1v) is 8.30. The van der Waals surface area contributed by atoms with E-state index in [2.05, 4.69) is 28.5 Å². The maximum atomic E-state index is 11.9. The SMILES string of the molecule is C[C@H](CNC(=O)NC[C@@H]1Cc2ccccc2O1)N1CCOCC1. The van der Waals surface area contributed by atoms with Gasteiger partial charge in [0.2, 0.25) is 0 Å². The van der Waals surface area contributed by atoms with E-state index in [1.165, 1.54) is 5.56 Å². The van der Waals surface area contributed by atoms with Gasteiger partial charge in [0.15, 0.2) is 0 Å². The number of para-hydroxylation sites is 1. The van der Waals surface area contributed by atoms with Gasteiger partial charge >= 0.3 is 6.03 Å². The molecule has 0 spiro atoms. The fourth-order valence-corrected chi connectivity index (χ4v) is 3.02. The number of carbonyl (C=O) groups is 1. The third kappa shape index (κ3) is 4.36. The Kier molecular flexibility index (Phi) is 5.35. The quantitative estimate of drug-likeness (QED) is 0.850. The van der Waals surface area contributed by atoms with Crippen LogP contribution in [-0.2, 0) is 11.2 Å². The van der Waals surface area contributed by atoms with Crippen LogP contribution in [0.25, 0.3) is 0 Å². The van der Waals surface area contributed by atoms with Crippen LogP contribution in [0.15, 0.2) is 24.3 Å². The zero-order valence-corrected chi connectivity index (χ0v) is 13.6. The lowest BCUT2D eigenvalue weighted by atomic mass is 10.1. The molecule has 1 saturated heterocycles. The number of morpholine rings is 1. The van der Waals surface area contributed by atoms with Crippen molar-refractivity contribution in [1.29, 1.82) is 0 Å². The highest BCUT2D eigenvalue weighted by Crippen LogP contribution is 2.27. The number of nitrogens with zero attached hydrogens (tertiary/aromatic N) is 1. The van der Waals surface area contributed by atoms with Crippen molar-refractivity contribution in [3.05, 3.63) is 29.8 Å². The van der Waals surface area contributed by atoms with E-state index in [0.29, 0.717) is 19.1 Å². The lowest BCUT2D eigenvalue weighted by molar-refractivity contribution is 0.0209. The molecule has 0 aromatic heterocycles. The molecule has 6 heteroatoms. The van der Waals surface area contributed by atoms with Gasteiger partial charge in [-0.2, -0.15) is 0 Å². The van der Waals surface area contributed by atoms with Crippen molar-refractivity contribution in [3.63, 3.8) is 0 Å². The molecule has 0 saturated carbocycles. The Hall–Kier alpha value is -1.79. The van der Waals surface area contributed by atoms with E-state index in [0.717, 1.165) is 38.5 Å². The maximum Gasteiger partial charge on any atom is 0.314 e. The Morgan fingerprint density at radius 3 is 2.87 bits per heavy atom. The zero-order valence-electron chi connectivity index (χ0n) is 13.6. The monoisotopic (exact) mass is 319 g/mol. The van der Waals surface area contributed by atoms with Crippen LogP contribution in [0, 0.1) is 0 Å². The van der Waals surface area contributed by atoms with Gasteiger partial charge in [0.05, 0.1) is 19.8 Å². The predicted molar refractivity (Wildman–Crippen MR) is 87.8 cm³/mol. The van der Waals surface area contributed by atoms with Crippen LogP contribution in [0.4, 0.5) is 4.79 Å². The number of benzene rings is 1. The van der Waals surface area contributed by atoms with Crippen molar-refractivity contribution in [2.24, 2.45) is 0 Å². The standard InChI is InChI=1S/C17H25N3O3/c1-13(20-6-8-22-9-7-20)11-18-17(21)19-12-15-10-14-4-2-3-5-16(14)23-15/h2-5,13,15H,6-12H2,1H3,(H2,18,19,21)/t13-,15+/m1/s1. The lowest BCUT2D eigenvalue weighted by Crippen LogP contribution is -2.49. The van der Waals surface area contributed by atoms with Crippen molar-refractivity contribution < 1.29 is 14.3 Å². The normalized spacial score (nSPS) is 22.0. The van der Waals surface area contributed by atoms with E-state index in [1.807, 2.05) is 18.2 Å². The van der Waals surface area contributed by atoms with Crippen LogP contribution in [0.1, 0.15) is 12.5 Å². The van der Waals surface area contributed by atoms with Gasteiger partial charge < -0.3 is 20.1 Å². The van der Waals surface area contributed by atoms with E-state index in [-0.39, 0.29) is 12.1 Å². The van der Waals surface area contributed by atoms with E-state index in [4.69, 9.17) is 9.47 Å². The fraction of sp³-hybridized carbons (Fsp3) is 0.588. The van der Waals surface area contributed by atoms with Crippen LogP contribution in [0.5, 0.6) is 5.75 Å². The minimum Gasteiger partial charge on any atom is -0.488 e. The molecule has 0 unspecified atom stereocenters. The number of urea groups is 1. The summed E-state index contributed by atoms with van der Waals surface area (Å²) >= 11 is 0. The molecule has 0 radical (unpaired) electrons. The van der Waals surface area contributed by atoms with Crippen LogP contribution in [0.2, 0.25) is 0 Å². The van der Waals surface area contributed by atoms with Crippen molar-refractivity contribution in [3.8, 4) is 5.75 Å². The highest BCUT2D eigenvalue weighted by atomic mass is 16.5. The zero-order chi connectivity index (χ0) is 16.1. The molecule has 2 heterocycles. The molecule has 1 aromatic rings. The summed E-state index contributed by atoms with van der Waals surface area (Å²) in [6.45, 7) is 6.69. The number of fused-ring (bicyclic) bond motifs is 1. The molecule has 2 aliphatic rings. The van der Waals surface area contributed by atoms with Crippen molar-refractivity contribution in [2.75, 3.05) is 39.4 Å². The topological polar surface area (TPSA) is 62.8 Å². The summed E-state index contributed by atoms with van der Waals surface area (Å²) < 4.78 is 11.2. The number of hydrogen-bond donors (Lipinski definition) is 2. The molecule has 3 rings (SSSR count). The summed E-state index contributed by atoms with van der Waals surface area (Å²) in [5, 5.41) is 5.84. The first-order chi connectivity index (χ1) is 11.2. The molecule has 23 heavy (non-hydrogen) atoms. The Balaban J connectivity index is 1.34. The predicted octanol–water partition coefficient (Wildman–Crippen LogP) is 1.01. The van der Waals surface area contributed by atoms with Gasteiger partial charge in [-0.1, -0.05) is 18.2 Å². The van der Waals surface area contributed by atoms with Crippen molar-refractivity contribution >= 4 is 6.03 Å². The fourth-order valence-electron chi connectivity index (χ4n) is 3.02. The van der Waals surface area contributed by atoms with E-state index in [9.17, 15) is 4.79 Å². The van der Waals surface area contributed by atoms with Crippen LogP contribution in [-0.4, -0.2) is 62.5 Å². The lowest BCUT2D eigenvalue weighted by Gasteiger charge is -2.32. The van der Waals surface area contributed by atoms with E-state index >= 15 is 0 Å². The first-order valence-electron chi connectivity index (χ1n) is 8.30. The highest BCUT2D eigenvalue weighted by molar-refractivity contribution is 5.73. The van der Waals surface area contributed by atoms with E-state index in [1.54, 1.807) is 0 Å². The first kappa shape index (κ1) is 16.1. The number of ether oxygens (including phenoxy) is 2.